The van der Waals surface area contributed by atoms with Crippen LogP contribution in [0.3, 0.4) is 0 Å². The summed E-state index contributed by atoms with van der Waals surface area (Å²) >= 11 is 0. The van der Waals surface area contributed by atoms with E-state index in [0.717, 1.165) is 22.5 Å². The Balaban J connectivity index is 1.69. The molecule has 0 aliphatic heterocycles. The van der Waals surface area contributed by atoms with E-state index in [4.69, 9.17) is 9.15 Å². The molecule has 3 aromatic rings. The van der Waals surface area contributed by atoms with Crippen molar-refractivity contribution in [3.63, 3.8) is 0 Å². The molecule has 7 heteroatoms. The van der Waals surface area contributed by atoms with E-state index in [1.165, 1.54) is 0 Å². The summed E-state index contributed by atoms with van der Waals surface area (Å²) in [6.45, 7) is 10.6. The Labute approximate surface area is 169 Å². The number of rotatable bonds is 5. The van der Waals surface area contributed by atoms with Crippen molar-refractivity contribution in [2.45, 2.75) is 41.5 Å². The molecule has 0 bridgehead atoms. The Hall–Kier alpha value is -3.35. The van der Waals surface area contributed by atoms with Crippen molar-refractivity contribution in [2.75, 3.05) is 11.9 Å². The van der Waals surface area contributed by atoms with Crippen molar-refractivity contribution in [3.05, 3.63) is 63.9 Å². The first-order valence-corrected chi connectivity index (χ1v) is 9.36. The van der Waals surface area contributed by atoms with Crippen LogP contribution in [0.2, 0.25) is 0 Å². The highest BCUT2D eigenvalue weighted by Gasteiger charge is 2.21. The average molecular weight is 395 g/mol. The predicted molar refractivity (Wildman–Crippen MR) is 110 cm³/mol. The van der Waals surface area contributed by atoms with Crippen LogP contribution >= 0.6 is 0 Å². The van der Waals surface area contributed by atoms with Crippen LogP contribution < -0.4 is 5.32 Å². The zero-order valence-electron chi connectivity index (χ0n) is 17.5. The zero-order chi connectivity index (χ0) is 21.3. The highest BCUT2D eigenvalue weighted by Crippen LogP contribution is 2.24. The molecule has 0 radical (unpaired) electrons. The molecule has 1 aromatic carbocycles. The molecule has 0 saturated carbocycles. The molecule has 0 fully saturated rings. The van der Waals surface area contributed by atoms with Crippen molar-refractivity contribution in [1.29, 1.82) is 0 Å². The lowest BCUT2D eigenvalue weighted by Gasteiger charge is -2.08. The summed E-state index contributed by atoms with van der Waals surface area (Å²) < 4.78 is 12.4. The number of carbonyl (C=O) groups excluding carboxylic acids is 2. The van der Waals surface area contributed by atoms with Crippen molar-refractivity contribution >= 4 is 17.6 Å². The van der Waals surface area contributed by atoms with E-state index in [0.29, 0.717) is 28.5 Å². The molecule has 3 rings (SSSR count). The molecule has 0 unspecified atom stereocenters. The standard InChI is InChI=1S/C22H25N3O4/c1-12-7-9-18(10-8-12)25-15(4)21(14(3)24-25)23-19(26)11-28-22(27)20-13(2)16(5)29-17(20)6/h7-10H,11H2,1-6H3,(H,23,26). The molecule has 0 atom stereocenters. The van der Waals surface area contributed by atoms with E-state index in [9.17, 15) is 9.59 Å². The second-order valence-electron chi connectivity index (χ2n) is 7.13. The van der Waals surface area contributed by atoms with Crippen molar-refractivity contribution in [1.82, 2.24) is 9.78 Å². The van der Waals surface area contributed by atoms with Gasteiger partial charge < -0.3 is 14.5 Å². The van der Waals surface area contributed by atoms with Gasteiger partial charge in [-0.25, -0.2) is 9.48 Å². The molecule has 1 amide bonds. The van der Waals surface area contributed by atoms with Crippen molar-refractivity contribution in [3.8, 4) is 5.69 Å². The van der Waals surface area contributed by atoms with Gasteiger partial charge in [0.2, 0.25) is 0 Å². The fourth-order valence-electron chi connectivity index (χ4n) is 3.23. The second kappa shape index (κ2) is 7.95. The zero-order valence-corrected chi connectivity index (χ0v) is 17.5. The third-order valence-electron chi connectivity index (χ3n) is 4.93. The number of ether oxygens (including phenoxy) is 1. The van der Waals surface area contributed by atoms with Crippen LogP contribution in [0.1, 0.15) is 44.4 Å². The molecule has 0 aliphatic rings. The number of aromatic nitrogens is 2. The molecule has 0 aliphatic carbocycles. The van der Waals surface area contributed by atoms with Gasteiger partial charge in [-0.2, -0.15) is 5.10 Å². The minimum Gasteiger partial charge on any atom is -0.465 e. The van der Waals surface area contributed by atoms with Gasteiger partial charge in [0, 0.05) is 5.56 Å². The van der Waals surface area contributed by atoms with Gasteiger partial charge in [0.1, 0.15) is 17.1 Å². The molecule has 152 valence electrons. The summed E-state index contributed by atoms with van der Waals surface area (Å²) in [7, 11) is 0. The number of nitrogens with one attached hydrogen (secondary N) is 1. The van der Waals surface area contributed by atoms with Gasteiger partial charge in [0.25, 0.3) is 5.91 Å². The number of amides is 1. The fourth-order valence-corrected chi connectivity index (χ4v) is 3.23. The normalized spacial score (nSPS) is 10.8. The van der Waals surface area contributed by atoms with Gasteiger partial charge >= 0.3 is 5.97 Å². The SMILES string of the molecule is Cc1ccc(-n2nc(C)c(NC(=O)COC(=O)c3c(C)oc(C)c3C)c2C)cc1. The molecular formula is C22H25N3O4. The lowest BCUT2D eigenvalue weighted by Crippen LogP contribution is -2.22. The summed E-state index contributed by atoms with van der Waals surface area (Å²) in [6, 6.07) is 7.95. The summed E-state index contributed by atoms with van der Waals surface area (Å²) in [6.07, 6.45) is 0. The molecule has 2 aromatic heterocycles. The lowest BCUT2D eigenvalue weighted by molar-refractivity contribution is -0.119. The maximum atomic E-state index is 12.4. The number of anilines is 1. The van der Waals surface area contributed by atoms with Gasteiger partial charge in [-0.1, -0.05) is 17.7 Å². The maximum Gasteiger partial charge on any atom is 0.342 e. The maximum absolute atomic E-state index is 12.4. The van der Waals surface area contributed by atoms with Gasteiger partial charge in [-0.15, -0.1) is 0 Å². The number of benzene rings is 1. The van der Waals surface area contributed by atoms with Crippen molar-refractivity contribution < 1.29 is 18.7 Å². The van der Waals surface area contributed by atoms with E-state index in [1.807, 2.05) is 45.0 Å². The quantitative estimate of drug-likeness (QED) is 0.657. The van der Waals surface area contributed by atoms with Gasteiger partial charge in [0.05, 0.1) is 22.8 Å². The fraction of sp³-hybridized carbons (Fsp3) is 0.318. The summed E-state index contributed by atoms with van der Waals surface area (Å²) in [5.41, 5.74) is 5.24. The average Bonchev–Trinajstić information content (AvgIpc) is 3.09. The molecule has 0 spiro atoms. The highest BCUT2D eigenvalue weighted by atomic mass is 16.5. The number of aryl methyl sites for hydroxylation is 4. The molecular weight excluding hydrogens is 370 g/mol. The first kappa shape index (κ1) is 20.4. The number of esters is 1. The minimum atomic E-state index is -0.573. The first-order chi connectivity index (χ1) is 13.7. The van der Waals surface area contributed by atoms with Crippen LogP contribution in [0.25, 0.3) is 5.69 Å². The van der Waals surface area contributed by atoms with E-state index >= 15 is 0 Å². The third kappa shape index (κ3) is 4.08. The molecule has 29 heavy (non-hydrogen) atoms. The Bertz CT molecular complexity index is 1070. The van der Waals surface area contributed by atoms with Crippen LogP contribution in [0.4, 0.5) is 5.69 Å². The Morgan fingerprint density at radius 1 is 1.03 bits per heavy atom. The molecule has 2 heterocycles. The number of furan rings is 1. The molecule has 0 saturated heterocycles. The van der Waals surface area contributed by atoms with E-state index in [-0.39, 0.29) is 0 Å². The largest absolute Gasteiger partial charge is 0.465 e. The number of nitrogens with zero attached hydrogens (tertiary/aromatic N) is 2. The Kier molecular flexibility index (Phi) is 5.59. The number of hydrogen-bond acceptors (Lipinski definition) is 5. The second-order valence-corrected chi connectivity index (χ2v) is 7.13. The Morgan fingerprint density at radius 3 is 2.28 bits per heavy atom. The number of carbonyl (C=O) groups is 2. The molecule has 1 N–H and O–H groups in total. The van der Waals surface area contributed by atoms with Gasteiger partial charge in [-0.3, -0.25) is 4.79 Å². The number of hydrogen-bond donors (Lipinski definition) is 1. The van der Waals surface area contributed by atoms with Crippen molar-refractivity contribution in [2.24, 2.45) is 0 Å². The van der Waals surface area contributed by atoms with Crippen LogP contribution in [-0.2, 0) is 9.53 Å². The minimum absolute atomic E-state index is 0.370. The first-order valence-electron chi connectivity index (χ1n) is 9.36. The summed E-state index contributed by atoms with van der Waals surface area (Å²) in [5.74, 6) is 0.143. The van der Waals surface area contributed by atoms with Crippen LogP contribution in [-0.4, -0.2) is 28.3 Å². The van der Waals surface area contributed by atoms with Gasteiger partial charge in [0.15, 0.2) is 6.61 Å². The Morgan fingerprint density at radius 2 is 1.69 bits per heavy atom. The highest BCUT2D eigenvalue weighted by molar-refractivity contribution is 5.97. The van der Waals surface area contributed by atoms with E-state index < -0.39 is 18.5 Å². The topological polar surface area (TPSA) is 86.4 Å². The predicted octanol–water partition coefficient (Wildman–Crippen LogP) is 4.11. The summed E-state index contributed by atoms with van der Waals surface area (Å²) in [5, 5.41) is 7.31. The monoisotopic (exact) mass is 395 g/mol. The third-order valence-corrected chi connectivity index (χ3v) is 4.93. The van der Waals surface area contributed by atoms with E-state index in [1.54, 1.807) is 25.5 Å². The molecule has 7 nitrogen and oxygen atoms in total. The van der Waals surface area contributed by atoms with E-state index in [2.05, 4.69) is 10.4 Å². The lowest BCUT2D eigenvalue weighted by atomic mass is 10.1. The van der Waals surface area contributed by atoms with Crippen LogP contribution in [0.5, 0.6) is 0 Å². The van der Waals surface area contributed by atoms with Crippen LogP contribution in [0, 0.1) is 41.5 Å². The smallest absolute Gasteiger partial charge is 0.342 e. The van der Waals surface area contributed by atoms with Crippen LogP contribution in [0.15, 0.2) is 28.7 Å². The van der Waals surface area contributed by atoms with Gasteiger partial charge in [-0.05, 0) is 53.7 Å². The summed E-state index contributed by atoms with van der Waals surface area (Å²) in [4.78, 5) is 24.7.